The summed E-state index contributed by atoms with van der Waals surface area (Å²) in [6, 6.07) is 11.9. The Morgan fingerprint density at radius 2 is 1.70 bits per heavy atom. The average molecular weight is 290 g/mol. The smallest absolute Gasteiger partial charge is 0.219 e. The van der Waals surface area contributed by atoms with Crippen molar-refractivity contribution in [1.29, 1.82) is 0 Å². The largest absolute Gasteiger partial charge is 0.439 e. The second-order valence-electron chi connectivity index (χ2n) is 5.90. The number of pyridine rings is 1. The molecule has 0 saturated heterocycles. The van der Waals surface area contributed by atoms with Gasteiger partial charge in [0.15, 0.2) is 0 Å². The molecule has 3 heteroatoms. The molecule has 0 unspecified atom stereocenters. The fourth-order valence-electron chi connectivity index (χ4n) is 1.91. The molecule has 0 bridgehead atoms. The van der Waals surface area contributed by atoms with E-state index < -0.39 is 0 Å². The lowest BCUT2D eigenvalue weighted by Gasteiger charge is -2.19. The van der Waals surface area contributed by atoms with Crippen LogP contribution in [0.5, 0.6) is 11.6 Å². The molecular formula is C17H20ClNO. The summed E-state index contributed by atoms with van der Waals surface area (Å²) >= 11 is 5.82. The minimum atomic E-state index is 0.148. The number of hydrogen-bond acceptors (Lipinski definition) is 2. The van der Waals surface area contributed by atoms with Gasteiger partial charge in [0.25, 0.3) is 0 Å². The Morgan fingerprint density at radius 3 is 2.20 bits per heavy atom. The van der Waals surface area contributed by atoms with Crippen LogP contribution in [0.2, 0.25) is 0 Å². The molecule has 2 nitrogen and oxygen atoms in total. The molecule has 1 aromatic carbocycles. The Labute approximate surface area is 125 Å². The van der Waals surface area contributed by atoms with Gasteiger partial charge in [-0.3, -0.25) is 0 Å². The first-order valence-electron chi connectivity index (χ1n) is 6.71. The van der Waals surface area contributed by atoms with Crippen LogP contribution in [0.15, 0.2) is 36.4 Å². The maximum absolute atomic E-state index is 5.82. The number of halogens is 1. The molecule has 0 N–H and O–H groups in total. The number of aryl methyl sites for hydroxylation is 1. The van der Waals surface area contributed by atoms with Gasteiger partial charge in [-0.05, 0) is 35.6 Å². The first-order chi connectivity index (χ1) is 9.40. The molecule has 0 aliphatic carbocycles. The Hall–Kier alpha value is -1.54. The predicted molar refractivity (Wildman–Crippen MR) is 83.7 cm³/mol. The van der Waals surface area contributed by atoms with Crippen LogP contribution >= 0.6 is 11.6 Å². The van der Waals surface area contributed by atoms with E-state index in [-0.39, 0.29) is 5.41 Å². The van der Waals surface area contributed by atoms with Gasteiger partial charge in [-0.15, -0.1) is 11.6 Å². The first kappa shape index (κ1) is 14.9. The van der Waals surface area contributed by atoms with Gasteiger partial charge in [-0.1, -0.05) is 39.0 Å². The Kier molecular flexibility index (Phi) is 4.34. The number of alkyl halides is 1. The molecule has 0 saturated carbocycles. The maximum Gasteiger partial charge on any atom is 0.219 e. The molecular weight excluding hydrogens is 270 g/mol. The number of nitrogens with zero attached hydrogens (tertiary/aromatic N) is 1. The van der Waals surface area contributed by atoms with Gasteiger partial charge >= 0.3 is 0 Å². The Balaban J connectivity index is 2.16. The van der Waals surface area contributed by atoms with Crippen molar-refractivity contribution in [3.05, 3.63) is 53.2 Å². The lowest BCUT2D eigenvalue weighted by Crippen LogP contribution is -2.10. The van der Waals surface area contributed by atoms with Gasteiger partial charge in [0.1, 0.15) is 5.75 Å². The number of benzene rings is 1. The van der Waals surface area contributed by atoms with Crippen molar-refractivity contribution in [3.63, 3.8) is 0 Å². The van der Waals surface area contributed by atoms with E-state index in [1.54, 1.807) is 0 Å². The van der Waals surface area contributed by atoms with Crippen molar-refractivity contribution in [1.82, 2.24) is 4.98 Å². The van der Waals surface area contributed by atoms with Gasteiger partial charge in [0.05, 0.1) is 0 Å². The highest BCUT2D eigenvalue weighted by atomic mass is 35.5. The molecule has 2 rings (SSSR count). The van der Waals surface area contributed by atoms with Crippen LogP contribution in [-0.2, 0) is 11.3 Å². The van der Waals surface area contributed by atoms with Gasteiger partial charge in [0.2, 0.25) is 5.88 Å². The van der Waals surface area contributed by atoms with Crippen LogP contribution in [-0.4, -0.2) is 4.98 Å². The maximum atomic E-state index is 5.82. The standard InChI is InChI=1S/C17H20ClNO/c1-12-13(11-18)5-10-16(19-12)20-15-8-6-14(7-9-15)17(2,3)4/h5-10H,11H2,1-4H3. The van der Waals surface area contributed by atoms with Gasteiger partial charge < -0.3 is 4.74 Å². The number of aromatic nitrogens is 1. The summed E-state index contributed by atoms with van der Waals surface area (Å²) in [7, 11) is 0. The highest BCUT2D eigenvalue weighted by Gasteiger charge is 2.13. The van der Waals surface area contributed by atoms with Crippen LogP contribution in [0.25, 0.3) is 0 Å². The zero-order valence-electron chi connectivity index (χ0n) is 12.4. The SMILES string of the molecule is Cc1nc(Oc2ccc(C(C)(C)C)cc2)ccc1CCl. The van der Waals surface area contributed by atoms with Gasteiger partial charge in [-0.25, -0.2) is 4.98 Å². The lowest BCUT2D eigenvalue weighted by atomic mass is 9.87. The molecule has 2 aromatic rings. The van der Waals surface area contributed by atoms with E-state index in [9.17, 15) is 0 Å². The minimum absolute atomic E-state index is 0.148. The van der Waals surface area contributed by atoms with E-state index in [0.29, 0.717) is 11.8 Å². The summed E-state index contributed by atoms with van der Waals surface area (Å²) in [6.45, 7) is 8.52. The monoisotopic (exact) mass is 289 g/mol. The third-order valence-electron chi connectivity index (χ3n) is 3.26. The van der Waals surface area contributed by atoms with Crippen molar-refractivity contribution < 1.29 is 4.74 Å². The summed E-state index contributed by atoms with van der Waals surface area (Å²) in [5, 5.41) is 0. The van der Waals surface area contributed by atoms with Crippen molar-refractivity contribution in [2.24, 2.45) is 0 Å². The fraction of sp³-hybridized carbons (Fsp3) is 0.353. The van der Waals surface area contributed by atoms with Crippen molar-refractivity contribution >= 4 is 11.6 Å². The Bertz CT molecular complexity index is 585. The quantitative estimate of drug-likeness (QED) is 0.723. The van der Waals surface area contributed by atoms with Crippen LogP contribution in [0.1, 0.15) is 37.6 Å². The van der Waals surface area contributed by atoms with E-state index in [0.717, 1.165) is 17.0 Å². The summed E-state index contributed by atoms with van der Waals surface area (Å²) in [4.78, 5) is 4.40. The molecule has 20 heavy (non-hydrogen) atoms. The summed E-state index contributed by atoms with van der Waals surface area (Å²) < 4.78 is 5.77. The molecule has 0 amide bonds. The lowest BCUT2D eigenvalue weighted by molar-refractivity contribution is 0.460. The fourth-order valence-corrected chi connectivity index (χ4v) is 2.19. The van der Waals surface area contributed by atoms with E-state index in [4.69, 9.17) is 16.3 Å². The van der Waals surface area contributed by atoms with Gasteiger partial charge in [-0.2, -0.15) is 0 Å². The third-order valence-corrected chi connectivity index (χ3v) is 3.54. The molecule has 0 spiro atoms. The summed E-state index contributed by atoms with van der Waals surface area (Å²) in [5.74, 6) is 1.86. The molecule has 0 aliphatic heterocycles. The average Bonchev–Trinajstić information content (AvgIpc) is 2.38. The number of rotatable bonds is 3. The highest BCUT2D eigenvalue weighted by molar-refractivity contribution is 6.17. The van der Waals surface area contributed by atoms with Crippen LogP contribution in [0.4, 0.5) is 0 Å². The molecule has 0 atom stereocenters. The van der Waals surface area contributed by atoms with Crippen LogP contribution in [0.3, 0.4) is 0 Å². The topological polar surface area (TPSA) is 22.1 Å². The third kappa shape index (κ3) is 3.51. The van der Waals surface area contributed by atoms with E-state index in [1.165, 1.54) is 5.56 Å². The number of ether oxygens (including phenoxy) is 1. The summed E-state index contributed by atoms with van der Waals surface area (Å²) in [5.41, 5.74) is 3.37. The highest BCUT2D eigenvalue weighted by Crippen LogP contribution is 2.26. The van der Waals surface area contributed by atoms with Crippen LogP contribution < -0.4 is 4.74 Å². The number of hydrogen-bond donors (Lipinski definition) is 0. The van der Waals surface area contributed by atoms with E-state index in [2.05, 4.69) is 37.9 Å². The second-order valence-corrected chi connectivity index (χ2v) is 6.17. The van der Waals surface area contributed by atoms with Crippen molar-refractivity contribution in [2.75, 3.05) is 0 Å². The van der Waals surface area contributed by atoms with Crippen LogP contribution in [0, 0.1) is 6.92 Å². The second kappa shape index (κ2) is 5.84. The first-order valence-corrected chi connectivity index (χ1v) is 7.24. The van der Waals surface area contributed by atoms with Crippen molar-refractivity contribution in [2.45, 2.75) is 39.0 Å². The predicted octanol–water partition coefficient (Wildman–Crippen LogP) is 5.22. The van der Waals surface area contributed by atoms with Crippen molar-refractivity contribution in [3.8, 4) is 11.6 Å². The minimum Gasteiger partial charge on any atom is -0.439 e. The van der Waals surface area contributed by atoms with E-state index >= 15 is 0 Å². The zero-order chi connectivity index (χ0) is 14.8. The Morgan fingerprint density at radius 1 is 1.05 bits per heavy atom. The molecule has 1 aromatic heterocycles. The van der Waals surface area contributed by atoms with E-state index in [1.807, 2.05) is 31.2 Å². The molecule has 0 fully saturated rings. The normalized spacial score (nSPS) is 11.4. The van der Waals surface area contributed by atoms with Gasteiger partial charge in [0, 0.05) is 17.6 Å². The molecule has 106 valence electrons. The summed E-state index contributed by atoms with van der Waals surface area (Å²) in [6.07, 6.45) is 0. The molecule has 0 radical (unpaired) electrons. The molecule has 1 heterocycles. The molecule has 0 aliphatic rings. The zero-order valence-corrected chi connectivity index (χ0v) is 13.2.